The number of nitrogens with one attached hydrogen (secondary N) is 1. The molecule has 2 heterocycles. The summed E-state index contributed by atoms with van der Waals surface area (Å²) in [7, 11) is 0. The molecular weight excluding hydrogens is 148 g/mol. The molecule has 0 amide bonds. The van der Waals surface area contributed by atoms with Gasteiger partial charge in [0.15, 0.2) is 0 Å². The molecule has 2 N–H and O–H groups in total. The Morgan fingerprint density at radius 3 is 3.18 bits per heavy atom. The fourth-order valence-electron chi connectivity index (χ4n) is 0.854. The van der Waals surface area contributed by atoms with Gasteiger partial charge in [0.25, 0.3) is 0 Å². The van der Waals surface area contributed by atoms with Gasteiger partial charge in [-0.3, -0.25) is 0 Å². The SMILES string of the molecule is O=C(O)c1cc2cn[nH]c2o1. The molecule has 2 aromatic heterocycles. The van der Waals surface area contributed by atoms with Gasteiger partial charge in [-0.15, -0.1) is 0 Å². The average Bonchev–Trinajstić information content (AvgIpc) is 2.40. The standard InChI is InChI=1S/C6H4N2O3/c9-6(10)4-1-3-2-7-8-5(3)11-4/h1-2H,(H,7,8)(H,9,10). The Bertz CT molecular complexity index is 372. The predicted octanol–water partition coefficient (Wildman–Crippen LogP) is 0.854. The maximum atomic E-state index is 10.3. The molecule has 5 nitrogen and oxygen atoms in total. The van der Waals surface area contributed by atoms with Gasteiger partial charge in [0.05, 0.1) is 11.6 Å². The van der Waals surface area contributed by atoms with Crippen LogP contribution in [-0.4, -0.2) is 21.3 Å². The lowest BCUT2D eigenvalue weighted by molar-refractivity contribution is 0.0664. The van der Waals surface area contributed by atoms with Crippen LogP contribution in [0.2, 0.25) is 0 Å². The third-order valence-corrected chi connectivity index (χ3v) is 1.34. The van der Waals surface area contributed by atoms with Crippen molar-refractivity contribution in [1.82, 2.24) is 10.2 Å². The van der Waals surface area contributed by atoms with Crippen LogP contribution in [0.1, 0.15) is 10.6 Å². The maximum absolute atomic E-state index is 10.3. The van der Waals surface area contributed by atoms with E-state index in [4.69, 9.17) is 9.52 Å². The number of carboxylic acid groups (broad SMARTS) is 1. The number of aromatic amines is 1. The molecule has 0 fully saturated rings. The second-order valence-electron chi connectivity index (χ2n) is 2.07. The minimum Gasteiger partial charge on any atom is -0.475 e. The van der Waals surface area contributed by atoms with E-state index in [2.05, 4.69) is 10.2 Å². The van der Waals surface area contributed by atoms with Crippen molar-refractivity contribution in [3.63, 3.8) is 0 Å². The molecule has 5 heteroatoms. The van der Waals surface area contributed by atoms with Crippen molar-refractivity contribution in [1.29, 1.82) is 0 Å². The Kier molecular flexibility index (Phi) is 1.00. The van der Waals surface area contributed by atoms with E-state index in [9.17, 15) is 4.79 Å². The maximum Gasteiger partial charge on any atom is 0.371 e. The van der Waals surface area contributed by atoms with Crippen molar-refractivity contribution >= 4 is 17.1 Å². The van der Waals surface area contributed by atoms with Gasteiger partial charge in [0, 0.05) is 6.07 Å². The Labute approximate surface area is 60.6 Å². The molecule has 56 valence electrons. The van der Waals surface area contributed by atoms with Crippen LogP contribution in [0.25, 0.3) is 11.1 Å². The van der Waals surface area contributed by atoms with Gasteiger partial charge in [-0.1, -0.05) is 0 Å². The molecule has 2 rings (SSSR count). The highest BCUT2D eigenvalue weighted by molar-refractivity contribution is 5.90. The first-order valence-electron chi connectivity index (χ1n) is 2.93. The zero-order valence-electron chi connectivity index (χ0n) is 5.37. The first-order chi connectivity index (χ1) is 5.27. The van der Waals surface area contributed by atoms with Gasteiger partial charge in [-0.05, 0) is 0 Å². The third kappa shape index (κ3) is 0.778. The summed E-state index contributed by atoms with van der Waals surface area (Å²) in [6, 6.07) is 1.42. The zero-order valence-corrected chi connectivity index (χ0v) is 5.37. The number of nitrogens with zero attached hydrogens (tertiary/aromatic N) is 1. The number of carboxylic acids is 1. The van der Waals surface area contributed by atoms with Crippen molar-refractivity contribution < 1.29 is 14.3 Å². The van der Waals surface area contributed by atoms with Gasteiger partial charge >= 0.3 is 5.97 Å². The van der Waals surface area contributed by atoms with Crippen molar-refractivity contribution in [3.05, 3.63) is 18.0 Å². The lowest BCUT2D eigenvalue weighted by atomic mass is 10.4. The van der Waals surface area contributed by atoms with E-state index in [1.54, 1.807) is 0 Å². The summed E-state index contributed by atoms with van der Waals surface area (Å²) >= 11 is 0. The number of aromatic nitrogens is 2. The molecule has 0 spiro atoms. The van der Waals surface area contributed by atoms with E-state index in [0.717, 1.165) is 0 Å². The molecule has 0 atom stereocenters. The largest absolute Gasteiger partial charge is 0.475 e. The van der Waals surface area contributed by atoms with Crippen molar-refractivity contribution in [2.75, 3.05) is 0 Å². The fourth-order valence-corrected chi connectivity index (χ4v) is 0.854. The van der Waals surface area contributed by atoms with E-state index < -0.39 is 5.97 Å². The quantitative estimate of drug-likeness (QED) is 0.634. The molecule has 0 unspecified atom stereocenters. The molecule has 0 aliphatic rings. The number of H-pyrrole nitrogens is 1. The third-order valence-electron chi connectivity index (χ3n) is 1.34. The van der Waals surface area contributed by atoms with Gasteiger partial charge in [0.1, 0.15) is 0 Å². The number of fused-ring (bicyclic) bond motifs is 1. The van der Waals surface area contributed by atoms with E-state index in [-0.39, 0.29) is 5.76 Å². The van der Waals surface area contributed by atoms with Crippen LogP contribution in [-0.2, 0) is 0 Å². The molecule has 0 radical (unpaired) electrons. The first-order valence-corrected chi connectivity index (χ1v) is 2.93. The molecule has 0 saturated carbocycles. The Morgan fingerprint density at radius 2 is 2.55 bits per heavy atom. The molecular formula is C6H4N2O3. The second kappa shape index (κ2) is 1.85. The number of hydrogen-bond acceptors (Lipinski definition) is 3. The number of hydrogen-bond donors (Lipinski definition) is 2. The highest BCUT2D eigenvalue weighted by atomic mass is 16.4. The first kappa shape index (κ1) is 5.96. The average molecular weight is 152 g/mol. The van der Waals surface area contributed by atoms with Crippen LogP contribution in [0.4, 0.5) is 0 Å². The summed E-state index contributed by atoms with van der Waals surface area (Å²) in [4.78, 5) is 10.3. The highest BCUT2D eigenvalue weighted by Gasteiger charge is 2.10. The van der Waals surface area contributed by atoms with Crippen molar-refractivity contribution in [2.24, 2.45) is 0 Å². The number of carbonyl (C=O) groups is 1. The van der Waals surface area contributed by atoms with Crippen LogP contribution < -0.4 is 0 Å². The summed E-state index contributed by atoms with van der Waals surface area (Å²) in [5.41, 5.74) is 0.391. The van der Waals surface area contributed by atoms with Gasteiger partial charge in [0.2, 0.25) is 11.5 Å². The number of furan rings is 1. The van der Waals surface area contributed by atoms with Crippen LogP contribution in [0.5, 0.6) is 0 Å². The molecule has 0 bridgehead atoms. The van der Waals surface area contributed by atoms with Gasteiger partial charge in [-0.25, -0.2) is 9.89 Å². The van der Waals surface area contributed by atoms with Crippen LogP contribution in [0, 0.1) is 0 Å². The Balaban J connectivity index is 2.67. The second-order valence-corrected chi connectivity index (χ2v) is 2.07. The fraction of sp³-hybridized carbons (Fsp3) is 0. The lowest BCUT2D eigenvalue weighted by Crippen LogP contribution is -1.91. The minimum absolute atomic E-state index is 0.0753. The molecule has 0 aliphatic heterocycles. The predicted molar refractivity (Wildman–Crippen MR) is 35.3 cm³/mol. The van der Waals surface area contributed by atoms with E-state index in [0.29, 0.717) is 11.1 Å². The van der Waals surface area contributed by atoms with E-state index >= 15 is 0 Å². The molecule has 0 aliphatic carbocycles. The van der Waals surface area contributed by atoms with Crippen molar-refractivity contribution in [2.45, 2.75) is 0 Å². The summed E-state index contributed by atoms with van der Waals surface area (Å²) < 4.78 is 4.85. The summed E-state index contributed by atoms with van der Waals surface area (Å²) in [5.74, 6) is -1.15. The smallest absolute Gasteiger partial charge is 0.371 e. The van der Waals surface area contributed by atoms with Crippen LogP contribution in [0.15, 0.2) is 16.7 Å². The summed E-state index contributed by atoms with van der Waals surface area (Å²) in [5, 5.41) is 15.3. The molecule has 0 saturated heterocycles. The van der Waals surface area contributed by atoms with Crippen LogP contribution >= 0.6 is 0 Å². The minimum atomic E-state index is -1.07. The van der Waals surface area contributed by atoms with Gasteiger partial charge < -0.3 is 9.52 Å². The van der Waals surface area contributed by atoms with Crippen LogP contribution in [0.3, 0.4) is 0 Å². The summed E-state index contributed by atoms with van der Waals surface area (Å²) in [6.45, 7) is 0. The van der Waals surface area contributed by atoms with E-state index in [1.165, 1.54) is 12.3 Å². The Morgan fingerprint density at radius 1 is 1.73 bits per heavy atom. The summed E-state index contributed by atoms with van der Waals surface area (Å²) in [6.07, 6.45) is 1.51. The molecule has 0 aromatic carbocycles. The molecule has 11 heavy (non-hydrogen) atoms. The topological polar surface area (TPSA) is 79.1 Å². The molecule has 2 aromatic rings. The normalized spacial score (nSPS) is 10.5. The zero-order chi connectivity index (χ0) is 7.84. The van der Waals surface area contributed by atoms with E-state index in [1.807, 2.05) is 0 Å². The Hall–Kier alpha value is -1.78. The highest BCUT2D eigenvalue weighted by Crippen LogP contribution is 2.15. The lowest BCUT2D eigenvalue weighted by Gasteiger charge is -1.80. The van der Waals surface area contributed by atoms with Crippen molar-refractivity contribution in [3.8, 4) is 0 Å². The monoisotopic (exact) mass is 152 g/mol. The number of aromatic carboxylic acids is 1. The number of rotatable bonds is 1. The van der Waals surface area contributed by atoms with Gasteiger partial charge in [-0.2, -0.15) is 5.10 Å².